The van der Waals surface area contributed by atoms with E-state index in [1.54, 1.807) is 13.1 Å². The number of nitrogens with zero attached hydrogens (tertiary/aromatic N) is 3. The first-order chi connectivity index (χ1) is 8.58. The summed E-state index contributed by atoms with van der Waals surface area (Å²) < 4.78 is 25.0. The van der Waals surface area contributed by atoms with E-state index in [0.29, 0.717) is 23.9 Å². The Morgan fingerprint density at radius 3 is 2.78 bits per heavy atom. The molecule has 0 aliphatic heterocycles. The number of alkyl halides is 2. The molecule has 0 bridgehead atoms. The fourth-order valence-electron chi connectivity index (χ4n) is 1.57. The Morgan fingerprint density at radius 2 is 2.22 bits per heavy atom. The van der Waals surface area contributed by atoms with Crippen LogP contribution in [-0.4, -0.2) is 47.7 Å². The van der Waals surface area contributed by atoms with Crippen LogP contribution in [0.25, 0.3) is 0 Å². The van der Waals surface area contributed by atoms with Gasteiger partial charge in [0.1, 0.15) is 5.82 Å². The number of hydrogen-bond acceptors (Lipinski definition) is 5. The fourth-order valence-corrected chi connectivity index (χ4v) is 1.57. The summed E-state index contributed by atoms with van der Waals surface area (Å²) in [6, 6.07) is 0. The van der Waals surface area contributed by atoms with Gasteiger partial charge >= 0.3 is 0 Å². The number of anilines is 2. The molecular weight excluding hydrogens is 242 g/mol. The first-order valence-corrected chi connectivity index (χ1v) is 5.80. The zero-order chi connectivity index (χ0) is 13.5. The lowest BCUT2D eigenvalue weighted by Gasteiger charge is -2.24. The van der Waals surface area contributed by atoms with Crippen molar-refractivity contribution in [1.82, 2.24) is 9.97 Å². The van der Waals surface area contributed by atoms with Crippen LogP contribution in [0.2, 0.25) is 0 Å². The van der Waals surface area contributed by atoms with Crippen LogP contribution in [0.15, 0.2) is 6.20 Å². The summed E-state index contributed by atoms with van der Waals surface area (Å²) in [4.78, 5) is 9.61. The van der Waals surface area contributed by atoms with Crippen LogP contribution < -0.4 is 10.2 Å². The van der Waals surface area contributed by atoms with E-state index in [1.807, 2.05) is 6.92 Å². The highest BCUT2D eigenvalue weighted by Crippen LogP contribution is 2.18. The Bertz CT molecular complexity index is 376. The van der Waals surface area contributed by atoms with Crippen LogP contribution in [0.3, 0.4) is 0 Å². The molecule has 5 nitrogen and oxygen atoms in total. The summed E-state index contributed by atoms with van der Waals surface area (Å²) >= 11 is 0. The number of rotatable bonds is 7. The first kappa shape index (κ1) is 14.6. The molecule has 0 aromatic carbocycles. The van der Waals surface area contributed by atoms with Gasteiger partial charge in [-0.15, -0.1) is 0 Å². The summed E-state index contributed by atoms with van der Waals surface area (Å²) in [5, 5.41) is 11.9. The third-order valence-electron chi connectivity index (χ3n) is 2.31. The molecule has 1 rings (SSSR count). The molecule has 1 aromatic rings. The van der Waals surface area contributed by atoms with Crippen molar-refractivity contribution in [3.05, 3.63) is 11.8 Å². The predicted octanol–water partition coefficient (Wildman–Crippen LogP) is 1.28. The highest BCUT2D eigenvalue weighted by molar-refractivity contribution is 5.49. The lowest BCUT2D eigenvalue weighted by atomic mass is 10.3. The Kier molecular flexibility index (Phi) is 5.70. The van der Waals surface area contributed by atoms with Crippen LogP contribution >= 0.6 is 0 Å². The molecule has 7 heteroatoms. The molecule has 0 fully saturated rings. The summed E-state index contributed by atoms with van der Waals surface area (Å²) in [5.74, 6) is 0.825. The molecule has 1 heterocycles. The summed E-state index contributed by atoms with van der Waals surface area (Å²) in [7, 11) is 0. The van der Waals surface area contributed by atoms with Gasteiger partial charge in [0.15, 0.2) is 0 Å². The van der Waals surface area contributed by atoms with Crippen molar-refractivity contribution in [3.63, 3.8) is 0 Å². The van der Waals surface area contributed by atoms with Crippen molar-refractivity contribution in [3.8, 4) is 0 Å². The third-order valence-corrected chi connectivity index (χ3v) is 2.31. The Labute approximate surface area is 105 Å². The SMILES string of the molecule is CCNc1ncc(C)c(N(CCO)CC(F)F)n1. The highest BCUT2D eigenvalue weighted by atomic mass is 19.3. The van der Waals surface area contributed by atoms with E-state index < -0.39 is 13.0 Å². The average Bonchev–Trinajstić information content (AvgIpc) is 2.31. The van der Waals surface area contributed by atoms with Gasteiger partial charge in [0.2, 0.25) is 5.95 Å². The van der Waals surface area contributed by atoms with Crippen LogP contribution in [0.4, 0.5) is 20.5 Å². The Hall–Kier alpha value is -1.50. The number of halogens is 2. The van der Waals surface area contributed by atoms with E-state index >= 15 is 0 Å². The van der Waals surface area contributed by atoms with Crippen LogP contribution in [-0.2, 0) is 0 Å². The maximum atomic E-state index is 12.5. The number of nitrogens with one attached hydrogen (secondary N) is 1. The first-order valence-electron chi connectivity index (χ1n) is 5.80. The van der Waals surface area contributed by atoms with E-state index in [-0.39, 0.29) is 13.2 Å². The summed E-state index contributed by atoms with van der Waals surface area (Å²) in [6.45, 7) is 3.76. The normalized spacial score (nSPS) is 10.8. The minimum absolute atomic E-state index is 0.119. The minimum atomic E-state index is -2.48. The number of aromatic nitrogens is 2. The van der Waals surface area contributed by atoms with E-state index in [9.17, 15) is 8.78 Å². The zero-order valence-electron chi connectivity index (χ0n) is 10.5. The quantitative estimate of drug-likeness (QED) is 0.773. The molecule has 0 spiro atoms. The third kappa shape index (κ3) is 4.06. The molecule has 18 heavy (non-hydrogen) atoms. The molecular formula is C11H18F2N4O. The second-order valence-electron chi connectivity index (χ2n) is 3.79. The maximum Gasteiger partial charge on any atom is 0.255 e. The van der Waals surface area contributed by atoms with Crippen LogP contribution in [0, 0.1) is 6.92 Å². The largest absolute Gasteiger partial charge is 0.395 e. The van der Waals surface area contributed by atoms with Crippen LogP contribution in [0.5, 0.6) is 0 Å². The van der Waals surface area contributed by atoms with Crippen LogP contribution in [0.1, 0.15) is 12.5 Å². The fraction of sp³-hybridized carbons (Fsp3) is 0.636. The second-order valence-corrected chi connectivity index (χ2v) is 3.79. The van der Waals surface area contributed by atoms with E-state index in [1.165, 1.54) is 4.90 Å². The molecule has 2 N–H and O–H groups in total. The number of aliphatic hydroxyl groups is 1. The van der Waals surface area contributed by atoms with Gasteiger partial charge in [0, 0.05) is 24.8 Å². The van der Waals surface area contributed by atoms with Crippen molar-refractivity contribution in [2.75, 3.05) is 36.5 Å². The van der Waals surface area contributed by atoms with E-state index in [0.717, 1.165) is 0 Å². The molecule has 0 unspecified atom stereocenters. The van der Waals surface area contributed by atoms with Gasteiger partial charge in [-0.3, -0.25) is 0 Å². The number of hydrogen-bond donors (Lipinski definition) is 2. The molecule has 0 aliphatic rings. The zero-order valence-corrected chi connectivity index (χ0v) is 10.5. The van der Waals surface area contributed by atoms with Gasteiger partial charge < -0.3 is 15.3 Å². The molecule has 1 aromatic heterocycles. The van der Waals surface area contributed by atoms with Crippen molar-refractivity contribution in [2.45, 2.75) is 20.3 Å². The monoisotopic (exact) mass is 260 g/mol. The molecule has 0 saturated heterocycles. The Morgan fingerprint density at radius 1 is 1.50 bits per heavy atom. The van der Waals surface area contributed by atoms with Gasteiger partial charge in [0.05, 0.1) is 13.2 Å². The second kappa shape index (κ2) is 7.05. The number of aliphatic hydroxyl groups excluding tert-OH is 1. The molecule has 0 aliphatic carbocycles. The molecule has 0 atom stereocenters. The maximum absolute atomic E-state index is 12.5. The number of aryl methyl sites for hydroxylation is 1. The molecule has 102 valence electrons. The standard InChI is InChI=1S/C11H18F2N4O/c1-3-14-11-15-6-8(2)10(16-11)17(4-5-18)7-9(12)13/h6,9,18H,3-5,7H2,1-2H3,(H,14,15,16). The van der Waals surface area contributed by atoms with Crippen molar-refractivity contribution < 1.29 is 13.9 Å². The van der Waals surface area contributed by atoms with Gasteiger partial charge in [-0.2, -0.15) is 4.98 Å². The van der Waals surface area contributed by atoms with Crippen molar-refractivity contribution in [1.29, 1.82) is 0 Å². The minimum Gasteiger partial charge on any atom is -0.395 e. The predicted molar refractivity (Wildman–Crippen MR) is 66.2 cm³/mol. The molecule has 0 saturated carbocycles. The lowest BCUT2D eigenvalue weighted by molar-refractivity contribution is 0.152. The topological polar surface area (TPSA) is 61.3 Å². The highest BCUT2D eigenvalue weighted by Gasteiger charge is 2.16. The van der Waals surface area contributed by atoms with Crippen molar-refractivity contribution >= 4 is 11.8 Å². The van der Waals surface area contributed by atoms with E-state index in [4.69, 9.17) is 5.11 Å². The Balaban J connectivity index is 2.97. The van der Waals surface area contributed by atoms with Gasteiger partial charge in [0.25, 0.3) is 6.43 Å². The molecule has 0 amide bonds. The summed E-state index contributed by atoms with van der Waals surface area (Å²) in [5.41, 5.74) is 0.700. The van der Waals surface area contributed by atoms with Gasteiger partial charge in [-0.1, -0.05) is 0 Å². The average molecular weight is 260 g/mol. The van der Waals surface area contributed by atoms with Crippen molar-refractivity contribution in [2.24, 2.45) is 0 Å². The van der Waals surface area contributed by atoms with Gasteiger partial charge in [-0.25, -0.2) is 13.8 Å². The van der Waals surface area contributed by atoms with Gasteiger partial charge in [-0.05, 0) is 13.8 Å². The van der Waals surface area contributed by atoms with E-state index in [2.05, 4.69) is 15.3 Å². The smallest absolute Gasteiger partial charge is 0.255 e. The lowest BCUT2D eigenvalue weighted by Crippen LogP contribution is -2.33. The summed E-state index contributed by atoms with van der Waals surface area (Å²) in [6.07, 6.45) is -0.899. The molecule has 0 radical (unpaired) electrons.